The number of aromatic nitrogens is 3. The molecular weight excluding hydrogens is 236 g/mol. The standard InChI is InChI=1S/C15H16N4/c1-10-8-11(6-7-17-10)15-18-14-12(9-16)4-3-5-13(14)19(15)2/h3-8H,9,16H2,1-2H3. The maximum absolute atomic E-state index is 5.78. The second-order valence-corrected chi connectivity index (χ2v) is 4.67. The Labute approximate surface area is 111 Å². The van der Waals surface area contributed by atoms with Crippen LogP contribution in [0.25, 0.3) is 22.4 Å². The minimum atomic E-state index is 0.503. The monoisotopic (exact) mass is 252 g/mol. The van der Waals surface area contributed by atoms with Gasteiger partial charge in [0.05, 0.1) is 11.0 Å². The lowest BCUT2D eigenvalue weighted by molar-refractivity contribution is 0.957. The van der Waals surface area contributed by atoms with Crippen LogP contribution in [0.15, 0.2) is 36.5 Å². The molecule has 2 aromatic heterocycles. The molecule has 0 amide bonds. The van der Waals surface area contributed by atoms with Crippen molar-refractivity contribution in [3.05, 3.63) is 47.8 Å². The lowest BCUT2D eigenvalue weighted by Gasteiger charge is -2.02. The van der Waals surface area contributed by atoms with E-state index in [9.17, 15) is 0 Å². The summed E-state index contributed by atoms with van der Waals surface area (Å²) in [6.07, 6.45) is 1.81. The van der Waals surface area contributed by atoms with Gasteiger partial charge < -0.3 is 10.3 Å². The van der Waals surface area contributed by atoms with Crippen LogP contribution in [0.1, 0.15) is 11.3 Å². The van der Waals surface area contributed by atoms with Gasteiger partial charge >= 0.3 is 0 Å². The largest absolute Gasteiger partial charge is 0.327 e. The van der Waals surface area contributed by atoms with Crippen molar-refractivity contribution < 1.29 is 0 Å². The van der Waals surface area contributed by atoms with Gasteiger partial charge in [-0.3, -0.25) is 4.98 Å². The molecule has 0 bridgehead atoms. The van der Waals surface area contributed by atoms with E-state index in [-0.39, 0.29) is 0 Å². The number of benzene rings is 1. The highest BCUT2D eigenvalue weighted by atomic mass is 15.1. The first-order valence-electron chi connectivity index (χ1n) is 6.28. The molecule has 0 atom stereocenters. The van der Waals surface area contributed by atoms with Crippen LogP contribution in [0.2, 0.25) is 0 Å². The van der Waals surface area contributed by atoms with Gasteiger partial charge in [-0.1, -0.05) is 12.1 Å². The van der Waals surface area contributed by atoms with Crippen molar-refractivity contribution in [2.45, 2.75) is 13.5 Å². The van der Waals surface area contributed by atoms with Gasteiger partial charge in [-0.15, -0.1) is 0 Å². The van der Waals surface area contributed by atoms with E-state index in [4.69, 9.17) is 10.7 Å². The van der Waals surface area contributed by atoms with Crippen LogP contribution >= 0.6 is 0 Å². The van der Waals surface area contributed by atoms with Gasteiger partial charge in [0.1, 0.15) is 5.82 Å². The Kier molecular flexibility index (Phi) is 2.80. The quantitative estimate of drug-likeness (QED) is 0.762. The van der Waals surface area contributed by atoms with Crippen LogP contribution in [0, 0.1) is 6.92 Å². The van der Waals surface area contributed by atoms with Crippen molar-refractivity contribution >= 4 is 11.0 Å². The van der Waals surface area contributed by atoms with Crippen LogP contribution < -0.4 is 5.73 Å². The van der Waals surface area contributed by atoms with E-state index >= 15 is 0 Å². The van der Waals surface area contributed by atoms with Crippen molar-refractivity contribution in [3.8, 4) is 11.4 Å². The number of imidazole rings is 1. The van der Waals surface area contributed by atoms with E-state index in [1.807, 2.05) is 44.4 Å². The second kappa shape index (κ2) is 4.48. The first-order chi connectivity index (χ1) is 9.20. The Hall–Kier alpha value is -2.20. The van der Waals surface area contributed by atoms with Gasteiger partial charge in [-0.05, 0) is 30.7 Å². The summed E-state index contributed by atoms with van der Waals surface area (Å²) in [4.78, 5) is 8.98. The molecule has 0 saturated heterocycles. The summed E-state index contributed by atoms with van der Waals surface area (Å²) < 4.78 is 2.10. The maximum Gasteiger partial charge on any atom is 0.140 e. The smallest absolute Gasteiger partial charge is 0.140 e. The molecule has 0 radical (unpaired) electrons. The molecule has 0 aliphatic carbocycles. The zero-order valence-electron chi connectivity index (χ0n) is 11.1. The predicted molar refractivity (Wildman–Crippen MR) is 76.6 cm³/mol. The number of nitrogens with zero attached hydrogens (tertiary/aromatic N) is 3. The molecule has 19 heavy (non-hydrogen) atoms. The highest BCUT2D eigenvalue weighted by Crippen LogP contribution is 2.25. The fourth-order valence-electron chi connectivity index (χ4n) is 2.38. The fourth-order valence-corrected chi connectivity index (χ4v) is 2.38. The van der Waals surface area contributed by atoms with E-state index in [0.29, 0.717) is 6.54 Å². The van der Waals surface area contributed by atoms with Crippen molar-refractivity contribution in [2.75, 3.05) is 0 Å². The van der Waals surface area contributed by atoms with Gasteiger partial charge in [0.25, 0.3) is 0 Å². The number of rotatable bonds is 2. The number of para-hydroxylation sites is 1. The van der Waals surface area contributed by atoms with Crippen molar-refractivity contribution in [1.82, 2.24) is 14.5 Å². The Morgan fingerprint density at radius 1 is 1.26 bits per heavy atom. The number of hydrogen-bond acceptors (Lipinski definition) is 3. The molecular formula is C15H16N4. The number of aryl methyl sites for hydroxylation is 2. The molecule has 0 fully saturated rings. The molecule has 4 nitrogen and oxygen atoms in total. The van der Waals surface area contributed by atoms with E-state index in [1.54, 1.807) is 0 Å². The van der Waals surface area contributed by atoms with Crippen LogP contribution in [-0.2, 0) is 13.6 Å². The SMILES string of the molecule is Cc1cc(-c2nc3c(CN)cccc3n2C)ccn1. The molecule has 0 unspecified atom stereocenters. The Morgan fingerprint density at radius 3 is 2.84 bits per heavy atom. The fraction of sp³-hybridized carbons (Fsp3) is 0.200. The van der Waals surface area contributed by atoms with Gasteiger partial charge in [-0.2, -0.15) is 0 Å². The highest BCUT2D eigenvalue weighted by Gasteiger charge is 2.12. The number of fused-ring (bicyclic) bond motifs is 1. The zero-order valence-corrected chi connectivity index (χ0v) is 11.1. The summed E-state index contributed by atoms with van der Waals surface area (Å²) in [5, 5.41) is 0. The average Bonchev–Trinajstić information content (AvgIpc) is 2.76. The topological polar surface area (TPSA) is 56.7 Å². The van der Waals surface area contributed by atoms with E-state index < -0.39 is 0 Å². The molecule has 96 valence electrons. The lowest BCUT2D eigenvalue weighted by atomic mass is 10.2. The molecule has 0 aliphatic rings. The van der Waals surface area contributed by atoms with Gasteiger partial charge in [-0.25, -0.2) is 4.98 Å². The first-order valence-corrected chi connectivity index (χ1v) is 6.28. The number of hydrogen-bond donors (Lipinski definition) is 1. The second-order valence-electron chi connectivity index (χ2n) is 4.67. The average molecular weight is 252 g/mol. The Balaban J connectivity index is 2.28. The molecule has 2 N–H and O–H groups in total. The van der Waals surface area contributed by atoms with E-state index in [2.05, 4.69) is 15.6 Å². The van der Waals surface area contributed by atoms with Gasteiger partial charge in [0.2, 0.25) is 0 Å². The molecule has 0 spiro atoms. The predicted octanol–water partition coefficient (Wildman–Crippen LogP) is 2.40. The van der Waals surface area contributed by atoms with Crippen LogP contribution in [0.5, 0.6) is 0 Å². The minimum Gasteiger partial charge on any atom is -0.327 e. The maximum atomic E-state index is 5.78. The third-order valence-electron chi connectivity index (χ3n) is 3.37. The third-order valence-corrected chi connectivity index (χ3v) is 3.37. The molecule has 3 aromatic rings. The summed E-state index contributed by atoms with van der Waals surface area (Å²) in [7, 11) is 2.03. The summed E-state index contributed by atoms with van der Waals surface area (Å²) in [5.74, 6) is 0.946. The first kappa shape index (κ1) is 11.9. The summed E-state index contributed by atoms with van der Waals surface area (Å²) in [6.45, 7) is 2.49. The number of nitrogens with two attached hydrogens (primary N) is 1. The van der Waals surface area contributed by atoms with Gasteiger partial charge in [0.15, 0.2) is 0 Å². The number of pyridine rings is 1. The normalized spacial score (nSPS) is 11.1. The van der Waals surface area contributed by atoms with E-state index in [1.165, 1.54) is 0 Å². The van der Waals surface area contributed by atoms with Crippen LogP contribution in [-0.4, -0.2) is 14.5 Å². The summed E-state index contributed by atoms with van der Waals surface area (Å²) >= 11 is 0. The Morgan fingerprint density at radius 2 is 2.11 bits per heavy atom. The molecule has 3 rings (SSSR count). The molecule has 0 aliphatic heterocycles. The summed E-state index contributed by atoms with van der Waals surface area (Å²) in [6, 6.07) is 10.1. The molecule has 1 aromatic carbocycles. The Bertz CT molecular complexity index is 743. The van der Waals surface area contributed by atoms with Crippen LogP contribution in [0.3, 0.4) is 0 Å². The minimum absolute atomic E-state index is 0.503. The van der Waals surface area contributed by atoms with Crippen molar-refractivity contribution in [3.63, 3.8) is 0 Å². The highest BCUT2D eigenvalue weighted by molar-refractivity contribution is 5.83. The lowest BCUT2D eigenvalue weighted by Crippen LogP contribution is -1.97. The van der Waals surface area contributed by atoms with E-state index in [0.717, 1.165) is 33.7 Å². The molecule has 2 heterocycles. The van der Waals surface area contributed by atoms with Crippen molar-refractivity contribution in [2.24, 2.45) is 12.8 Å². The third kappa shape index (κ3) is 1.90. The van der Waals surface area contributed by atoms with Crippen LogP contribution in [0.4, 0.5) is 0 Å². The van der Waals surface area contributed by atoms with Gasteiger partial charge in [0, 0.05) is 31.0 Å². The zero-order chi connectivity index (χ0) is 13.4. The summed E-state index contributed by atoms with van der Waals surface area (Å²) in [5.41, 5.74) is 11.0. The molecule has 4 heteroatoms. The molecule has 0 saturated carbocycles. The van der Waals surface area contributed by atoms with Crippen molar-refractivity contribution in [1.29, 1.82) is 0 Å².